The summed E-state index contributed by atoms with van der Waals surface area (Å²) in [6.07, 6.45) is 3.80. The largest absolute Gasteiger partial charge is 0.300 e. The molecule has 1 aliphatic rings. The lowest BCUT2D eigenvalue weighted by Crippen LogP contribution is -2.45. The maximum absolute atomic E-state index is 11.4. The average Bonchev–Trinajstić information content (AvgIpc) is 2.19. The lowest BCUT2D eigenvalue weighted by atomic mass is 9.83. The molecule has 1 aliphatic carbocycles. The van der Waals surface area contributed by atoms with E-state index in [1.54, 1.807) is 0 Å². The molecule has 0 N–H and O–H groups in total. The molecule has 14 heavy (non-hydrogen) atoms. The number of carbonyl (C=O) groups excluding carboxylic acids is 1. The van der Waals surface area contributed by atoms with Gasteiger partial charge in [-0.2, -0.15) is 0 Å². The Bertz CT molecular complexity index is 202. The molecular weight excluding hydrogens is 174 g/mol. The summed E-state index contributed by atoms with van der Waals surface area (Å²) in [6, 6.07) is 1.07. The van der Waals surface area contributed by atoms with E-state index >= 15 is 0 Å². The Morgan fingerprint density at radius 3 is 2.79 bits per heavy atom. The first-order chi connectivity index (χ1) is 6.56. The molecule has 3 atom stereocenters. The van der Waals surface area contributed by atoms with Crippen LogP contribution < -0.4 is 0 Å². The van der Waals surface area contributed by atoms with Crippen LogP contribution in [0.1, 0.15) is 46.5 Å². The molecule has 3 unspecified atom stereocenters. The van der Waals surface area contributed by atoms with Gasteiger partial charge in [-0.25, -0.2) is 0 Å². The van der Waals surface area contributed by atoms with Gasteiger partial charge in [0.1, 0.15) is 5.78 Å². The quantitative estimate of drug-likeness (QED) is 0.692. The maximum atomic E-state index is 11.4. The second-order valence-electron chi connectivity index (χ2n) is 4.75. The third kappa shape index (κ3) is 2.57. The molecule has 1 rings (SSSR count). The summed E-state index contributed by atoms with van der Waals surface area (Å²) in [4.78, 5) is 13.8. The van der Waals surface area contributed by atoms with E-state index in [-0.39, 0.29) is 0 Å². The number of hydrogen-bond acceptors (Lipinski definition) is 2. The van der Waals surface area contributed by atoms with Gasteiger partial charge in [0.05, 0.1) is 0 Å². The van der Waals surface area contributed by atoms with Gasteiger partial charge >= 0.3 is 0 Å². The highest BCUT2D eigenvalue weighted by molar-refractivity contribution is 5.79. The van der Waals surface area contributed by atoms with Gasteiger partial charge in [-0.3, -0.25) is 4.79 Å². The van der Waals surface area contributed by atoms with E-state index in [9.17, 15) is 4.79 Å². The van der Waals surface area contributed by atoms with Crippen LogP contribution in [0.25, 0.3) is 0 Å². The van der Waals surface area contributed by atoms with Crippen LogP contribution in [-0.4, -0.2) is 29.8 Å². The molecule has 0 aromatic rings. The number of rotatable bonds is 3. The zero-order valence-electron chi connectivity index (χ0n) is 9.92. The number of hydrogen-bond donors (Lipinski definition) is 0. The minimum atomic E-state index is 0.447. The van der Waals surface area contributed by atoms with Gasteiger partial charge in [-0.15, -0.1) is 0 Å². The molecule has 0 amide bonds. The van der Waals surface area contributed by atoms with E-state index in [1.165, 1.54) is 0 Å². The molecule has 1 fully saturated rings. The lowest BCUT2D eigenvalue weighted by Gasteiger charge is -2.38. The molecule has 1 saturated carbocycles. The SMILES string of the molecule is CCC(C)N(C)C1CC(=O)CCC1C. The Hall–Kier alpha value is -0.370. The highest BCUT2D eigenvalue weighted by atomic mass is 16.1. The van der Waals surface area contributed by atoms with Crippen LogP contribution in [-0.2, 0) is 4.79 Å². The summed E-state index contributed by atoms with van der Waals surface area (Å²) in [5.41, 5.74) is 0. The Kier molecular flexibility index (Phi) is 4.11. The summed E-state index contributed by atoms with van der Waals surface area (Å²) in [7, 11) is 2.16. The molecular formula is C12H23NO. The maximum Gasteiger partial charge on any atom is 0.134 e. The zero-order valence-corrected chi connectivity index (χ0v) is 9.92. The number of nitrogens with zero attached hydrogens (tertiary/aromatic N) is 1. The fraction of sp³-hybridized carbons (Fsp3) is 0.917. The molecule has 0 saturated heterocycles. The third-order valence-corrected chi connectivity index (χ3v) is 3.78. The molecule has 82 valence electrons. The zero-order chi connectivity index (χ0) is 10.7. The summed E-state index contributed by atoms with van der Waals surface area (Å²) >= 11 is 0. The number of Topliss-reactive ketones (excluding diaryl/α,β-unsaturated/α-hetero) is 1. The van der Waals surface area contributed by atoms with Gasteiger partial charge in [0.15, 0.2) is 0 Å². The predicted molar refractivity (Wildman–Crippen MR) is 59.3 cm³/mol. The van der Waals surface area contributed by atoms with Gasteiger partial charge in [0.25, 0.3) is 0 Å². The Morgan fingerprint density at radius 2 is 2.21 bits per heavy atom. The number of ketones is 1. The van der Waals surface area contributed by atoms with Gasteiger partial charge in [0.2, 0.25) is 0 Å². The topological polar surface area (TPSA) is 20.3 Å². The molecule has 0 aromatic carbocycles. The first-order valence-electron chi connectivity index (χ1n) is 5.79. The molecule has 2 nitrogen and oxygen atoms in total. The van der Waals surface area contributed by atoms with Crippen molar-refractivity contribution in [1.29, 1.82) is 0 Å². The van der Waals surface area contributed by atoms with Crippen molar-refractivity contribution in [3.8, 4) is 0 Å². The van der Waals surface area contributed by atoms with Crippen LogP contribution in [0.2, 0.25) is 0 Å². The summed E-state index contributed by atoms with van der Waals surface area (Å²) in [5, 5.41) is 0. The van der Waals surface area contributed by atoms with Crippen LogP contribution in [0.4, 0.5) is 0 Å². The van der Waals surface area contributed by atoms with Gasteiger partial charge in [-0.1, -0.05) is 13.8 Å². The van der Waals surface area contributed by atoms with Crippen LogP contribution in [0, 0.1) is 5.92 Å². The Morgan fingerprint density at radius 1 is 1.57 bits per heavy atom. The molecule has 0 radical (unpaired) electrons. The highest BCUT2D eigenvalue weighted by Gasteiger charge is 2.30. The van der Waals surface area contributed by atoms with E-state index in [0.717, 1.165) is 25.7 Å². The van der Waals surface area contributed by atoms with Crippen LogP contribution in [0.5, 0.6) is 0 Å². The molecule has 0 aliphatic heterocycles. The first-order valence-corrected chi connectivity index (χ1v) is 5.79. The molecule has 2 heteroatoms. The average molecular weight is 197 g/mol. The monoisotopic (exact) mass is 197 g/mol. The van der Waals surface area contributed by atoms with E-state index in [1.807, 2.05) is 0 Å². The van der Waals surface area contributed by atoms with Gasteiger partial charge in [-0.05, 0) is 32.7 Å². The van der Waals surface area contributed by atoms with Crippen molar-refractivity contribution >= 4 is 5.78 Å². The van der Waals surface area contributed by atoms with Crippen LogP contribution >= 0.6 is 0 Å². The Balaban J connectivity index is 2.59. The highest BCUT2D eigenvalue weighted by Crippen LogP contribution is 2.26. The van der Waals surface area contributed by atoms with E-state index in [0.29, 0.717) is 23.8 Å². The summed E-state index contributed by atoms with van der Waals surface area (Å²) in [6.45, 7) is 6.72. The lowest BCUT2D eigenvalue weighted by molar-refractivity contribution is -0.123. The fourth-order valence-corrected chi connectivity index (χ4v) is 2.28. The van der Waals surface area contributed by atoms with Crippen molar-refractivity contribution in [2.24, 2.45) is 5.92 Å². The van der Waals surface area contributed by atoms with E-state index < -0.39 is 0 Å². The van der Waals surface area contributed by atoms with Crippen molar-refractivity contribution in [3.63, 3.8) is 0 Å². The minimum absolute atomic E-state index is 0.447. The van der Waals surface area contributed by atoms with Crippen molar-refractivity contribution < 1.29 is 4.79 Å². The normalized spacial score (nSPS) is 30.8. The molecule has 0 bridgehead atoms. The molecule has 0 heterocycles. The van der Waals surface area contributed by atoms with Crippen molar-refractivity contribution in [1.82, 2.24) is 4.90 Å². The minimum Gasteiger partial charge on any atom is -0.300 e. The Labute approximate surface area is 87.7 Å². The van der Waals surface area contributed by atoms with Crippen LogP contribution in [0.3, 0.4) is 0 Å². The summed E-state index contributed by atoms with van der Waals surface area (Å²) < 4.78 is 0. The van der Waals surface area contributed by atoms with Gasteiger partial charge in [0, 0.05) is 24.9 Å². The van der Waals surface area contributed by atoms with Gasteiger partial charge < -0.3 is 4.90 Å². The van der Waals surface area contributed by atoms with E-state index in [2.05, 4.69) is 32.7 Å². The van der Waals surface area contributed by atoms with Crippen molar-refractivity contribution in [2.75, 3.05) is 7.05 Å². The standard InChI is InChI=1S/C12H23NO/c1-5-10(3)13(4)12-8-11(14)7-6-9(12)2/h9-10,12H,5-8H2,1-4H3. The third-order valence-electron chi connectivity index (χ3n) is 3.78. The predicted octanol–water partition coefficient (Wildman–Crippen LogP) is 2.47. The first kappa shape index (κ1) is 11.7. The van der Waals surface area contributed by atoms with E-state index in [4.69, 9.17) is 0 Å². The van der Waals surface area contributed by atoms with Crippen molar-refractivity contribution in [3.05, 3.63) is 0 Å². The summed E-state index contributed by atoms with van der Waals surface area (Å²) in [5.74, 6) is 1.12. The molecule has 0 aromatic heterocycles. The molecule has 0 spiro atoms. The number of carbonyl (C=O) groups is 1. The second-order valence-corrected chi connectivity index (χ2v) is 4.75. The van der Waals surface area contributed by atoms with Crippen LogP contribution in [0.15, 0.2) is 0 Å². The second kappa shape index (κ2) is 4.92. The van der Waals surface area contributed by atoms with Crippen molar-refractivity contribution in [2.45, 2.75) is 58.5 Å². The fourth-order valence-electron chi connectivity index (χ4n) is 2.28. The smallest absolute Gasteiger partial charge is 0.134 e.